The van der Waals surface area contributed by atoms with Crippen LogP contribution in [0.4, 0.5) is 13.2 Å². The highest BCUT2D eigenvalue weighted by Gasteiger charge is 2.33. The first-order valence-electron chi connectivity index (χ1n) is 17.4. The monoisotopic (exact) mass is 693 g/mol. The molecule has 0 atom stereocenters. The minimum atomic E-state index is -4.48. The Morgan fingerprint density at radius 2 is 1.08 bits per heavy atom. The molecular weight excluding hydrogens is 668 g/mol. The van der Waals surface area contributed by atoms with Crippen molar-refractivity contribution in [2.45, 2.75) is 6.18 Å². The van der Waals surface area contributed by atoms with Gasteiger partial charge < -0.3 is 9.30 Å². The molecule has 4 nitrogen and oxygen atoms in total. The first-order valence-corrected chi connectivity index (χ1v) is 17.4. The molecule has 10 aromatic rings. The van der Waals surface area contributed by atoms with Crippen molar-refractivity contribution in [3.63, 3.8) is 0 Å². The zero-order valence-electron chi connectivity index (χ0n) is 27.9. The summed E-state index contributed by atoms with van der Waals surface area (Å²) in [7, 11) is 0. The van der Waals surface area contributed by atoms with Crippen LogP contribution in [0.15, 0.2) is 158 Å². The maximum Gasteiger partial charge on any atom is 0.416 e. The lowest BCUT2D eigenvalue weighted by Crippen LogP contribution is -2.07. The van der Waals surface area contributed by atoms with Crippen molar-refractivity contribution in [1.29, 1.82) is 0 Å². The molecular formula is C46H26F3N3O. The number of para-hydroxylation sites is 3. The molecule has 4 heterocycles. The van der Waals surface area contributed by atoms with E-state index in [9.17, 15) is 13.2 Å². The predicted octanol–water partition coefficient (Wildman–Crippen LogP) is 12.9. The van der Waals surface area contributed by atoms with Crippen molar-refractivity contribution in [2.75, 3.05) is 0 Å². The number of ether oxygens (including phenoxy) is 1. The molecule has 53 heavy (non-hydrogen) atoms. The van der Waals surface area contributed by atoms with E-state index < -0.39 is 11.7 Å². The van der Waals surface area contributed by atoms with E-state index in [0.717, 1.165) is 72.6 Å². The van der Waals surface area contributed by atoms with Crippen LogP contribution in [-0.2, 0) is 6.18 Å². The van der Waals surface area contributed by atoms with E-state index in [0.29, 0.717) is 28.4 Å². The maximum absolute atomic E-state index is 13.8. The van der Waals surface area contributed by atoms with Crippen LogP contribution in [0.25, 0.3) is 88.1 Å². The molecule has 7 heteroatoms. The van der Waals surface area contributed by atoms with Gasteiger partial charge in [-0.15, -0.1) is 0 Å². The molecule has 0 aliphatic carbocycles. The summed E-state index contributed by atoms with van der Waals surface area (Å²) in [5, 5.41) is 6.04. The van der Waals surface area contributed by atoms with E-state index in [1.807, 2.05) is 36.4 Å². The average Bonchev–Trinajstić information content (AvgIpc) is 3.70. The fourth-order valence-electron chi connectivity index (χ4n) is 8.24. The van der Waals surface area contributed by atoms with Crippen LogP contribution in [0.1, 0.15) is 5.56 Å². The number of hydrogen-bond acceptors (Lipinski definition) is 2. The second-order valence-electron chi connectivity index (χ2n) is 13.5. The Morgan fingerprint density at radius 1 is 0.472 bits per heavy atom. The van der Waals surface area contributed by atoms with Crippen LogP contribution in [0.2, 0.25) is 0 Å². The van der Waals surface area contributed by atoms with Crippen LogP contribution >= 0.6 is 0 Å². The van der Waals surface area contributed by atoms with Crippen LogP contribution in [0, 0.1) is 0 Å². The van der Waals surface area contributed by atoms with Gasteiger partial charge >= 0.3 is 6.18 Å². The third-order valence-electron chi connectivity index (χ3n) is 10.6. The van der Waals surface area contributed by atoms with E-state index in [4.69, 9.17) is 9.72 Å². The van der Waals surface area contributed by atoms with Crippen LogP contribution in [0.3, 0.4) is 0 Å². The minimum Gasteiger partial charge on any atom is -0.456 e. The van der Waals surface area contributed by atoms with Gasteiger partial charge in [-0.25, -0.2) is 4.98 Å². The van der Waals surface area contributed by atoms with E-state index in [-0.39, 0.29) is 0 Å². The van der Waals surface area contributed by atoms with Crippen LogP contribution < -0.4 is 4.74 Å². The number of nitrogens with zero attached hydrogens (tertiary/aromatic N) is 3. The Bertz CT molecular complexity index is 3140. The third-order valence-corrected chi connectivity index (χ3v) is 10.6. The Labute approximate surface area is 300 Å². The van der Waals surface area contributed by atoms with Gasteiger partial charge in [0.2, 0.25) is 0 Å². The van der Waals surface area contributed by atoms with Gasteiger partial charge in [0.1, 0.15) is 17.3 Å². The van der Waals surface area contributed by atoms with Gasteiger partial charge in [0.05, 0.1) is 27.6 Å². The summed E-state index contributed by atoms with van der Waals surface area (Å²) >= 11 is 0. The number of hydrogen-bond donors (Lipinski definition) is 0. The van der Waals surface area contributed by atoms with Crippen LogP contribution in [-0.4, -0.2) is 14.1 Å². The Balaban J connectivity index is 1.10. The zero-order valence-corrected chi connectivity index (χ0v) is 27.9. The molecule has 0 saturated carbocycles. The first kappa shape index (κ1) is 29.8. The molecule has 0 saturated heterocycles. The van der Waals surface area contributed by atoms with E-state index in [1.54, 1.807) is 6.20 Å². The highest BCUT2D eigenvalue weighted by molar-refractivity contribution is 6.14. The predicted molar refractivity (Wildman–Crippen MR) is 206 cm³/mol. The molecule has 0 radical (unpaired) electrons. The standard InChI is InChI=1S/C46H26F3N3O/c47-46(48,49)29-19-22-42-36(25-29)37-26-50-45(33-13-8-16-43(53-42)44(33)37)52-39-15-7-5-12-32(39)35-24-28(18-21-41(35)52)27-17-20-40-34(23-27)31-11-4-6-14-38(31)51(40)30-9-2-1-3-10-30/h1-26H. The number of halogens is 3. The largest absolute Gasteiger partial charge is 0.456 e. The lowest BCUT2D eigenvalue weighted by Gasteiger charge is -2.23. The summed E-state index contributed by atoms with van der Waals surface area (Å²) < 4.78 is 52.0. The number of fused-ring (bicyclic) bond motifs is 8. The lowest BCUT2D eigenvalue weighted by atomic mass is 9.95. The molecule has 0 amide bonds. The molecule has 1 aliphatic heterocycles. The fourth-order valence-corrected chi connectivity index (χ4v) is 8.24. The molecule has 0 bridgehead atoms. The van der Waals surface area contributed by atoms with Crippen molar-refractivity contribution < 1.29 is 17.9 Å². The van der Waals surface area contributed by atoms with Gasteiger partial charge in [0.15, 0.2) is 0 Å². The highest BCUT2D eigenvalue weighted by atomic mass is 19.4. The summed E-state index contributed by atoms with van der Waals surface area (Å²) in [6, 6.07) is 49.8. The van der Waals surface area contributed by atoms with E-state index >= 15 is 0 Å². The minimum absolute atomic E-state index is 0.373. The van der Waals surface area contributed by atoms with E-state index in [1.165, 1.54) is 16.8 Å². The van der Waals surface area contributed by atoms with Crippen molar-refractivity contribution in [2.24, 2.45) is 0 Å². The van der Waals surface area contributed by atoms with Gasteiger partial charge in [-0.2, -0.15) is 13.2 Å². The molecule has 0 fully saturated rings. The topological polar surface area (TPSA) is 32.0 Å². The van der Waals surface area contributed by atoms with Gasteiger partial charge in [-0.05, 0) is 83.9 Å². The van der Waals surface area contributed by atoms with Crippen LogP contribution in [0.5, 0.6) is 11.5 Å². The summed E-state index contributed by atoms with van der Waals surface area (Å²) in [6.07, 6.45) is -2.80. The summed E-state index contributed by atoms with van der Waals surface area (Å²) in [6.45, 7) is 0. The SMILES string of the molecule is FC(F)(F)c1ccc2c(c1)-c1cnc(-n3c4ccccc4c4cc(-c5ccc6c(c5)c5ccccc5n6-c5ccccc5)ccc43)c3cccc(c13)O2. The second kappa shape index (κ2) is 10.8. The number of rotatable bonds is 3. The number of pyridine rings is 1. The van der Waals surface area contributed by atoms with Gasteiger partial charge in [-0.1, -0.05) is 78.9 Å². The average molecular weight is 694 g/mol. The van der Waals surface area contributed by atoms with Crippen molar-refractivity contribution in [3.05, 3.63) is 163 Å². The van der Waals surface area contributed by atoms with Crippen molar-refractivity contribution >= 4 is 54.4 Å². The molecule has 0 N–H and O–H groups in total. The molecule has 252 valence electrons. The Hall–Kier alpha value is -6.86. The van der Waals surface area contributed by atoms with Crippen molar-refractivity contribution in [1.82, 2.24) is 14.1 Å². The molecule has 0 unspecified atom stereocenters. The zero-order chi connectivity index (χ0) is 35.4. The summed E-state index contributed by atoms with van der Waals surface area (Å²) in [5.74, 6) is 1.64. The fraction of sp³-hybridized carbons (Fsp3) is 0.0217. The smallest absolute Gasteiger partial charge is 0.416 e. The van der Waals surface area contributed by atoms with Crippen molar-refractivity contribution in [3.8, 4) is 45.3 Å². The number of benzene rings is 7. The third kappa shape index (κ3) is 4.34. The highest BCUT2D eigenvalue weighted by Crippen LogP contribution is 2.49. The summed E-state index contributed by atoms with van der Waals surface area (Å²) in [5.41, 5.74) is 7.84. The van der Waals surface area contributed by atoms with Gasteiger partial charge in [-0.3, -0.25) is 4.57 Å². The second-order valence-corrected chi connectivity index (χ2v) is 13.5. The molecule has 7 aromatic carbocycles. The molecule has 1 aliphatic rings. The Morgan fingerprint density at radius 3 is 1.77 bits per heavy atom. The maximum atomic E-state index is 13.8. The van der Waals surface area contributed by atoms with E-state index in [2.05, 4.69) is 106 Å². The Kier molecular flexibility index (Phi) is 6.09. The summed E-state index contributed by atoms with van der Waals surface area (Å²) in [4.78, 5) is 4.98. The quantitative estimate of drug-likeness (QED) is 0.184. The van der Waals surface area contributed by atoms with Gasteiger partial charge in [0.25, 0.3) is 0 Å². The first-order chi connectivity index (χ1) is 25.9. The van der Waals surface area contributed by atoms with Gasteiger partial charge in [0, 0.05) is 55.3 Å². The molecule has 0 spiro atoms. The normalized spacial score (nSPS) is 12.6. The molecule has 11 rings (SSSR count). The number of aromatic nitrogens is 3. The number of alkyl halides is 3. The molecule has 3 aromatic heterocycles. The lowest BCUT2D eigenvalue weighted by molar-refractivity contribution is -0.137.